The molecule has 2 rings (SSSR count). The first-order valence-corrected chi connectivity index (χ1v) is 5.95. The van der Waals surface area contributed by atoms with Crippen molar-refractivity contribution in [2.75, 3.05) is 26.8 Å². The molecule has 0 N–H and O–H groups in total. The molecule has 0 bridgehead atoms. The number of carbonyl (C=O) groups is 1. The van der Waals surface area contributed by atoms with Crippen LogP contribution in [-0.2, 0) is 14.3 Å². The minimum atomic E-state index is -0.161. The van der Waals surface area contributed by atoms with Gasteiger partial charge in [-0.25, -0.2) is 4.79 Å². The van der Waals surface area contributed by atoms with Crippen LogP contribution >= 0.6 is 0 Å². The second-order valence-corrected chi connectivity index (χ2v) is 4.19. The highest BCUT2D eigenvalue weighted by molar-refractivity contribution is 5.89. The zero-order valence-electron chi connectivity index (χ0n) is 9.99. The third-order valence-corrected chi connectivity index (χ3v) is 3.28. The molecule has 0 saturated carbocycles. The minimum Gasteiger partial charge on any atom is -0.463 e. The molecule has 0 aromatic rings. The Morgan fingerprint density at radius 2 is 2.31 bits per heavy atom. The number of carbonyl (C=O) groups excluding carboxylic acids is 1. The summed E-state index contributed by atoms with van der Waals surface area (Å²) < 4.78 is 10.5. The highest BCUT2D eigenvalue weighted by Crippen LogP contribution is 2.33. The van der Waals surface area contributed by atoms with Gasteiger partial charge in [-0.05, 0) is 26.2 Å². The molecule has 0 radical (unpaired) electrons. The molecule has 0 spiro atoms. The molecule has 16 heavy (non-hydrogen) atoms. The van der Waals surface area contributed by atoms with Gasteiger partial charge in [0, 0.05) is 20.2 Å². The normalized spacial score (nSPS) is 24.6. The van der Waals surface area contributed by atoms with E-state index >= 15 is 0 Å². The lowest BCUT2D eigenvalue weighted by Crippen LogP contribution is -2.30. The molecule has 1 unspecified atom stereocenters. The van der Waals surface area contributed by atoms with Crippen LogP contribution in [0.5, 0.6) is 0 Å². The number of hydrogen-bond acceptors (Lipinski definition) is 4. The van der Waals surface area contributed by atoms with E-state index in [1.54, 1.807) is 7.11 Å². The average Bonchev–Trinajstić information content (AvgIpc) is 2.72. The summed E-state index contributed by atoms with van der Waals surface area (Å²) in [6, 6.07) is 0. The Labute approximate surface area is 96.2 Å². The Bertz CT molecular complexity index is 311. The lowest BCUT2D eigenvalue weighted by Gasteiger charge is -2.29. The van der Waals surface area contributed by atoms with Gasteiger partial charge < -0.3 is 14.4 Å². The Morgan fingerprint density at radius 3 is 3.00 bits per heavy atom. The molecule has 90 valence electrons. The van der Waals surface area contributed by atoms with E-state index in [1.807, 2.05) is 6.92 Å². The van der Waals surface area contributed by atoms with Crippen LogP contribution in [-0.4, -0.2) is 43.8 Å². The molecular weight excluding hydrogens is 206 g/mol. The van der Waals surface area contributed by atoms with Crippen LogP contribution in [0.4, 0.5) is 0 Å². The number of esters is 1. The summed E-state index contributed by atoms with van der Waals surface area (Å²) in [5.41, 5.74) is 1.91. The van der Waals surface area contributed by atoms with Gasteiger partial charge in [-0.3, -0.25) is 0 Å². The summed E-state index contributed by atoms with van der Waals surface area (Å²) in [6.45, 7) is 4.31. The van der Waals surface area contributed by atoms with E-state index in [-0.39, 0.29) is 12.1 Å². The van der Waals surface area contributed by atoms with Gasteiger partial charge in [0.2, 0.25) is 0 Å². The first kappa shape index (κ1) is 11.5. The summed E-state index contributed by atoms with van der Waals surface area (Å²) in [7, 11) is 1.71. The predicted molar refractivity (Wildman–Crippen MR) is 59.9 cm³/mol. The number of hydrogen-bond donors (Lipinski definition) is 0. The van der Waals surface area contributed by atoms with Crippen LogP contribution in [0.3, 0.4) is 0 Å². The van der Waals surface area contributed by atoms with E-state index < -0.39 is 0 Å². The molecule has 2 aliphatic heterocycles. The Balaban J connectivity index is 2.26. The standard InChI is InChI=1S/C12H19NO3/c1-3-16-12(14)9-5-4-7-13-8-6-10(15-2)11(9)13/h10H,3-8H2,1-2H3. The fraction of sp³-hybridized carbons (Fsp3) is 0.750. The SMILES string of the molecule is CCOC(=O)C1=C2C(OC)CCN2CCC1. The second kappa shape index (κ2) is 4.87. The fourth-order valence-electron chi connectivity index (χ4n) is 2.58. The topological polar surface area (TPSA) is 38.8 Å². The van der Waals surface area contributed by atoms with E-state index in [9.17, 15) is 4.79 Å². The van der Waals surface area contributed by atoms with Crippen molar-refractivity contribution >= 4 is 5.97 Å². The fourth-order valence-corrected chi connectivity index (χ4v) is 2.58. The van der Waals surface area contributed by atoms with Crippen LogP contribution in [0.1, 0.15) is 26.2 Å². The molecule has 4 heteroatoms. The summed E-state index contributed by atoms with van der Waals surface area (Å²) >= 11 is 0. The molecule has 1 saturated heterocycles. The Hall–Kier alpha value is -1.03. The van der Waals surface area contributed by atoms with Gasteiger partial charge in [0.15, 0.2) is 0 Å². The van der Waals surface area contributed by atoms with Crippen molar-refractivity contribution in [3.8, 4) is 0 Å². The van der Waals surface area contributed by atoms with Crippen LogP contribution < -0.4 is 0 Å². The smallest absolute Gasteiger partial charge is 0.335 e. The highest BCUT2D eigenvalue weighted by atomic mass is 16.5. The van der Waals surface area contributed by atoms with Crippen molar-refractivity contribution in [2.45, 2.75) is 32.3 Å². The molecule has 1 atom stereocenters. The van der Waals surface area contributed by atoms with Crippen LogP contribution in [0.2, 0.25) is 0 Å². The van der Waals surface area contributed by atoms with Crippen molar-refractivity contribution in [1.82, 2.24) is 4.90 Å². The summed E-state index contributed by atoms with van der Waals surface area (Å²) in [5, 5.41) is 0. The summed E-state index contributed by atoms with van der Waals surface area (Å²) in [5.74, 6) is -0.161. The van der Waals surface area contributed by atoms with E-state index in [0.29, 0.717) is 6.61 Å². The number of nitrogens with zero attached hydrogens (tertiary/aromatic N) is 1. The van der Waals surface area contributed by atoms with Gasteiger partial charge >= 0.3 is 5.97 Å². The van der Waals surface area contributed by atoms with E-state index in [2.05, 4.69) is 4.90 Å². The first-order valence-electron chi connectivity index (χ1n) is 5.95. The second-order valence-electron chi connectivity index (χ2n) is 4.19. The van der Waals surface area contributed by atoms with Crippen molar-refractivity contribution in [3.63, 3.8) is 0 Å². The summed E-state index contributed by atoms with van der Waals surface area (Å²) in [6.07, 6.45) is 2.92. The molecule has 0 amide bonds. The lowest BCUT2D eigenvalue weighted by molar-refractivity contribution is -0.139. The molecule has 0 aromatic carbocycles. The van der Waals surface area contributed by atoms with Gasteiger partial charge in [-0.2, -0.15) is 0 Å². The van der Waals surface area contributed by atoms with Gasteiger partial charge in [-0.15, -0.1) is 0 Å². The number of fused-ring (bicyclic) bond motifs is 1. The van der Waals surface area contributed by atoms with Gasteiger partial charge in [0.25, 0.3) is 0 Å². The van der Waals surface area contributed by atoms with Gasteiger partial charge in [0.05, 0.1) is 24.0 Å². The maximum Gasteiger partial charge on any atom is 0.335 e. The monoisotopic (exact) mass is 225 g/mol. The number of methoxy groups -OCH3 is 1. The molecular formula is C12H19NO3. The number of ether oxygens (including phenoxy) is 2. The highest BCUT2D eigenvalue weighted by Gasteiger charge is 2.35. The van der Waals surface area contributed by atoms with E-state index in [1.165, 1.54) is 0 Å². The molecule has 0 aromatic heterocycles. The lowest BCUT2D eigenvalue weighted by atomic mass is 10.0. The molecule has 2 aliphatic rings. The third kappa shape index (κ3) is 1.94. The van der Waals surface area contributed by atoms with Crippen molar-refractivity contribution in [2.24, 2.45) is 0 Å². The van der Waals surface area contributed by atoms with Crippen LogP contribution in [0, 0.1) is 0 Å². The largest absolute Gasteiger partial charge is 0.463 e. The van der Waals surface area contributed by atoms with E-state index in [0.717, 1.165) is 43.6 Å². The quantitative estimate of drug-likeness (QED) is 0.679. The molecule has 4 nitrogen and oxygen atoms in total. The predicted octanol–water partition coefficient (Wildman–Crippen LogP) is 1.32. The van der Waals surface area contributed by atoms with Crippen molar-refractivity contribution in [3.05, 3.63) is 11.3 Å². The Morgan fingerprint density at radius 1 is 1.50 bits per heavy atom. The van der Waals surface area contributed by atoms with Crippen LogP contribution in [0.25, 0.3) is 0 Å². The average molecular weight is 225 g/mol. The van der Waals surface area contributed by atoms with Crippen molar-refractivity contribution < 1.29 is 14.3 Å². The van der Waals surface area contributed by atoms with E-state index in [4.69, 9.17) is 9.47 Å². The number of rotatable bonds is 3. The van der Waals surface area contributed by atoms with Crippen LogP contribution in [0.15, 0.2) is 11.3 Å². The Kier molecular flexibility index (Phi) is 3.49. The zero-order valence-corrected chi connectivity index (χ0v) is 9.99. The maximum atomic E-state index is 11.8. The zero-order chi connectivity index (χ0) is 11.5. The first-order chi connectivity index (χ1) is 7.77. The molecule has 0 aliphatic carbocycles. The third-order valence-electron chi connectivity index (χ3n) is 3.28. The maximum absolute atomic E-state index is 11.8. The summed E-state index contributed by atoms with van der Waals surface area (Å²) in [4.78, 5) is 14.1. The van der Waals surface area contributed by atoms with Crippen molar-refractivity contribution in [1.29, 1.82) is 0 Å². The molecule has 1 fully saturated rings. The van der Waals surface area contributed by atoms with Gasteiger partial charge in [0.1, 0.15) is 0 Å². The minimum absolute atomic E-state index is 0.0831. The molecule has 2 heterocycles. The van der Waals surface area contributed by atoms with Gasteiger partial charge in [-0.1, -0.05) is 0 Å².